The fraction of sp³-hybridized carbons (Fsp3) is 0.417. The van der Waals surface area contributed by atoms with Gasteiger partial charge in [-0.3, -0.25) is 4.68 Å². The summed E-state index contributed by atoms with van der Waals surface area (Å²) in [6.45, 7) is 1.49. The SMILES string of the molecule is Cc1oc(CO)cc1S(=O)(=O)NCCc1ccnn1C. The Morgan fingerprint density at radius 2 is 2.25 bits per heavy atom. The van der Waals surface area contributed by atoms with Crippen LogP contribution in [0.2, 0.25) is 0 Å². The topological polar surface area (TPSA) is 97.4 Å². The quantitative estimate of drug-likeness (QED) is 0.801. The molecule has 110 valence electrons. The van der Waals surface area contributed by atoms with Crippen molar-refractivity contribution in [1.82, 2.24) is 14.5 Å². The van der Waals surface area contributed by atoms with Gasteiger partial charge in [0.2, 0.25) is 10.0 Å². The van der Waals surface area contributed by atoms with Gasteiger partial charge in [-0.05, 0) is 13.0 Å². The van der Waals surface area contributed by atoms with E-state index in [1.165, 1.54) is 6.07 Å². The fourth-order valence-electron chi connectivity index (χ4n) is 1.91. The Hall–Kier alpha value is -1.64. The molecule has 20 heavy (non-hydrogen) atoms. The first-order valence-electron chi connectivity index (χ1n) is 6.11. The Labute approximate surface area is 117 Å². The van der Waals surface area contributed by atoms with Crippen molar-refractivity contribution >= 4 is 10.0 Å². The zero-order valence-corrected chi connectivity index (χ0v) is 12.1. The van der Waals surface area contributed by atoms with Gasteiger partial charge >= 0.3 is 0 Å². The van der Waals surface area contributed by atoms with E-state index in [2.05, 4.69) is 9.82 Å². The van der Waals surface area contributed by atoms with Crippen LogP contribution in [0.1, 0.15) is 17.2 Å². The zero-order valence-electron chi connectivity index (χ0n) is 11.3. The number of aliphatic hydroxyl groups is 1. The molecular formula is C12H17N3O4S. The van der Waals surface area contributed by atoms with Crippen LogP contribution in [-0.2, 0) is 30.1 Å². The molecule has 0 aliphatic rings. The molecule has 0 atom stereocenters. The molecule has 0 aliphatic heterocycles. The number of hydrogen-bond donors (Lipinski definition) is 2. The average Bonchev–Trinajstić information content (AvgIpc) is 2.96. The predicted octanol–water partition coefficient (Wildman–Crippen LogP) is 0.335. The van der Waals surface area contributed by atoms with E-state index in [9.17, 15) is 8.42 Å². The highest BCUT2D eigenvalue weighted by Crippen LogP contribution is 2.19. The smallest absolute Gasteiger partial charge is 0.244 e. The molecular weight excluding hydrogens is 282 g/mol. The lowest BCUT2D eigenvalue weighted by molar-refractivity contribution is 0.244. The maximum absolute atomic E-state index is 12.1. The molecule has 2 heterocycles. The zero-order chi connectivity index (χ0) is 14.8. The van der Waals surface area contributed by atoms with Gasteiger partial charge in [0.15, 0.2) is 0 Å². The third kappa shape index (κ3) is 3.09. The second kappa shape index (κ2) is 5.78. The van der Waals surface area contributed by atoms with E-state index in [-0.39, 0.29) is 29.6 Å². The van der Waals surface area contributed by atoms with Crippen molar-refractivity contribution in [3.63, 3.8) is 0 Å². The number of rotatable bonds is 6. The molecule has 0 saturated carbocycles. The molecule has 0 aromatic carbocycles. The van der Waals surface area contributed by atoms with Crippen LogP contribution in [-0.4, -0.2) is 29.8 Å². The normalized spacial score (nSPS) is 11.9. The second-order valence-electron chi connectivity index (χ2n) is 4.39. The van der Waals surface area contributed by atoms with E-state index in [1.54, 1.807) is 24.9 Å². The van der Waals surface area contributed by atoms with Crippen LogP contribution in [0.5, 0.6) is 0 Å². The molecule has 0 fully saturated rings. The molecule has 2 aromatic rings. The molecule has 0 saturated heterocycles. The van der Waals surface area contributed by atoms with Crippen LogP contribution < -0.4 is 4.72 Å². The monoisotopic (exact) mass is 299 g/mol. The molecule has 2 rings (SSSR count). The number of aryl methyl sites for hydroxylation is 2. The number of furan rings is 1. The summed E-state index contributed by atoms with van der Waals surface area (Å²) < 4.78 is 33.6. The summed E-state index contributed by atoms with van der Waals surface area (Å²) in [5.41, 5.74) is 0.938. The van der Waals surface area contributed by atoms with Gasteiger partial charge in [0.1, 0.15) is 23.0 Å². The lowest BCUT2D eigenvalue weighted by atomic mass is 10.3. The first-order chi connectivity index (χ1) is 9.44. The van der Waals surface area contributed by atoms with Crippen molar-refractivity contribution < 1.29 is 17.9 Å². The Morgan fingerprint density at radius 3 is 2.80 bits per heavy atom. The maximum atomic E-state index is 12.1. The van der Waals surface area contributed by atoms with Crippen molar-refractivity contribution in [2.75, 3.05) is 6.54 Å². The summed E-state index contributed by atoms with van der Waals surface area (Å²) in [7, 11) is -1.83. The highest BCUT2D eigenvalue weighted by molar-refractivity contribution is 7.89. The number of hydrogen-bond acceptors (Lipinski definition) is 5. The van der Waals surface area contributed by atoms with E-state index in [1.807, 2.05) is 6.07 Å². The van der Waals surface area contributed by atoms with Gasteiger partial charge in [0.25, 0.3) is 0 Å². The van der Waals surface area contributed by atoms with Gasteiger partial charge < -0.3 is 9.52 Å². The van der Waals surface area contributed by atoms with Gasteiger partial charge in [0, 0.05) is 38.0 Å². The minimum absolute atomic E-state index is 0.0616. The van der Waals surface area contributed by atoms with Crippen molar-refractivity contribution in [2.24, 2.45) is 7.05 Å². The van der Waals surface area contributed by atoms with E-state index in [0.717, 1.165) is 5.69 Å². The predicted molar refractivity (Wildman–Crippen MR) is 71.5 cm³/mol. The summed E-state index contributed by atoms with van der Waals surface area (Å²) >= 11 is 0. The minimum Gasteiger partial charge on any atom is -0.462 e. The number of sulfonamides is 1. The molecule has 2 aromatic heterocycles. The Kier molecular flexibility index (Phi) is 4.26. The Balaban J connectivity index is 2.04. The summed E-state index contributed by atoms with van der Waals surface area (Å²) in [4.78, 5) is 0.0616. The standard InChI is InChI=1S/C12H17N3O4S/c1-9-12(7-11(8-16)19-9)20(17,18)14-6-4-10-3-5-13-15(10)2/h3,5,7,14,16H,4,6,8H2,1-2H3. The van der Waals surface area contributed by atoms with Crippen molar-refractivity contribution in [1.29, 1.82) is 0 Å². The van der Waals surface area contributed by atoms with E-state index in [0.29, 0.717) is 6.42 Å². The first-order valence-corrected chi connectivity index (χ1v) is 7.59. The lowest BCUT2D eigenvalue weighted by Gasteiger charge is -2.05. The summed E-state index contributed by atoms with van der Waals surface area (Å²) in [6, 6.07) is 3.17. The van der Waals surface area contributed by atoms with Crippen LogP contribution in [0.4, 0.5) is 0 Å². The Morgan fingerprint density at radius 1 is 1.50 bits per heavy atom. The van der Waals surface area contributed by atoms with E-state index < -0.39 is 10.0 Å². The lowest BCUT2D eigenvalue weighted by Crippen LogP contribution is -2.26. The number of aromatic nitrogens is 2. The fourth-order valence-corrected chi connectivity index (χ4v) is 3.14. The molecule has 0 spiro atoms. The number of nitrogens with one attached hydrogen (secondary N) is 1. The summed E-state index contributed by atoms with van der Waals surface area (Å²) in [5.74, 6) is 0.497. The molecule has 7 nitrogen and oxygen atoms in total. The summed E-state index contributed by atoms with van der Waals surface area (Å²) in [6.07, 6.45) is 2.21. The van der Waals surface area contributed by atoms with Crippen LogP contribution in [0.15, 0.2) is 27.6 Å². The molecule has 8 heteroatoms. The van der Waals surface area contributed by atoms with Gasteiger partial charge in [0.05, 0.1) is 0 Å². The maximum Gasteiger partial charge on any atom is 0.244 e. The number of nitrogens with zero attached hydrogens (tertiary/aromatic N) is 2. The van der Waals surface area contributed by atoms with Crippen LogP contribution in [0.25, 0.3) is 0 Å². The van der Waals surface area contributed by atoms with Gasteiger partial charge in [-0.2, -0.15) is 5.10 Å². The minimum atomic E-state index is -3.63. The molecule has 2 N–H and O–H groups in total. The number of aliphatic hydroxyl groups excluding tert-OH is 1. The first kappa shape index (κ1) is 14.8. The van der Waals surface area contributed by atoms with E-state index in [4.69, 9.17) is 9.52 Å². The molecule has 0 unspecified atom stereocenters. The highest BCUT2D eigenvalue weighted by atomic mass is 32.2. The van der Waals surface area contributed by atoms with Crippen LogP contribution >= 0.6 is 0 Å². The third-order valence-electron chi connectivity index (χ3n) is 2.96. The van der Waals surface area contributed by atoms with Crippen molar-refractivity contribution in [3.8, 4) is 0 Å². The second-order valence-corrected chi connectivity index (χ2v) is 6.12. The third-order valence-corrected chi connectivity index (χ3v) is 4.53. The Bertz CT molecular complexity index is 687. The van der Waals surface area contributed by atoms with Crippen LogP contribution in [0, 0.1) is 6.92 Å². The van der Waals surface area contributed by atoms with Gasteiger partial charge in [-0.15, -0.1) is 0 Å². The molecule has 0 bridgehead atoms. The van der Waals surface area contributed by atoms with Crippen LogP contribution in [0.3, 0.4) is 0 Å². The molecule has 0 amide bonds. The molecule has 0 radical (unpaired) electrons. The van der Waals surface area contributed by atoms with Crippen molar-refractivity contribution in [2.45, 2.75) is 24.8 Å². The van der Waals surface area contributed by atoms with Crippen molar-refractivity contribution in [3.05, 3.63) is 35.5 Å². The summed E-state index contributed by atoms with van der Waals surface area (Å²) in [5, 5.41) is 13.0. The van der Waals surface area contributed by atoms with Gasteiger partial charge in [-0.25, -0.2) is 13.1 Å². The largest absolute Gasteiger partial charge is 0.462 e. The average molecular weight is 299 g/mol. The van der Waals surface area contributed by atoms with E-state index >= 15 is 0 Å². The highest BCUT2D eigenvalue weighted by Gasteiger charge is 2.20. The van der Waals surface area contributed by atoms with Gasteiger partial charge in [-0.1, -0.05) is 0 Å². The molecule has 0 aliphatic carbocycles.